The Hall–Kier alpha value is -3.01. The van der Waals surface area contributed by atoms with Crippen LogP contribution in [0.15, 0.2) is 67.9 Å². The number of hydrogen-bond acceptors (Lipinski definition) is 12. The molecule has 4 aromatic rings. The monoisotopic (exact) mass is 576 g/mol. The first-order valence-corrected chi connectivity index (χ1v) is 13.2. The van der Waals surface area contributed by atoms with Crippen molar-refractivity contribution in [2.45, 2.75) is 15.2 Å². The van der Waals surface area contributed by atoms with Crippen molar-refractivity contribution in [1.82, 2.24) is 30.1 Å². The third kappa shape index (κ3) is 6.99. The number of nitrogens with two attached hydrogens (primary N) is 1. The molecule has 4 N–H and O–H groups in total. The topological polar surface area (TPSA) is 149 Å². The van der Waals surface area contributed by atoms with Crippen LogP contribution in [0.3, 0.4) is 0 Å². The number of carbonyl (C=O) groups excluding carboxylic acids is 1. The first-order valence-electron chi connectivity index (χ1n) is 9.60. The molecule has 0 radical (unpaired) electrons. The van der Waals surface area contributed by atoms with E-state index in [1.165, 1.54) is 21.6 Å². The molecule has 174 valence electrons. The molecule has 0 spiro atoms. The zero-order valence-corrected chi connectivity index (χ0v) is 21.4. The summed E-state index contributed by atoms with van der Waals surface area (Å²) in [5, 5.41) is 23.6. The number of hydrogen-bond donors (Lipinski definition) is 3. The van der Waals surface area contributed by atoms with Crippen molar-refractivity contribution in [3.8, 4) is 0 Å². The zero-order valence-electron chi connectivity index (χ0n) is 17.3. The minimum atomic E-state index is -0.253. The fraction of sp³-hybridized carbons (Fsp3) is 0.105. The second-order valence-corrected chi connectivity index (χ2v) is 10.5. The molecule has 3 heterocycles. The predicted molar refractivity (Wildman–Crippen MR) is 139 cm³/mol. The first kappa shape index (κ1) is 24.1. The number of nitrogens with one attached hydrogen (secondary N) is 2. The van der Waals surface area contributed by atoms with E-state index in [9.17, 15) is 4.79 Å². The van der Waals surface area contributed by atoms with Crippen LogP contribution in [0.5, 0.6) is 0 Å². The second kappa shape index (κ2) is 11.9. The van der Waals surface area contributed by atoms with Gasteiger partial charge in [0.25, 0.3) is 5.95 Å². The highest BCUT2D eigenvalue weighted by atomic mass is 79.9. The smallest absolute Gasteiger partial charge is 0.264 e. The summed E-state index contributed by atoms with van der Waals surface area (Å²) in [4.78, 5) is 16.3. The van der Waals surface area contributed by atoms with E-state index in [2.05, 4.69) is 63.2 Å². The molecule has 0 bridgehead atoms. The fourth-order valence-electron chi connectivity index (χ4n) is 2.44. The lowest BCUT2D eigenvalue weighted by atomic mass is 10.2. The molecule has 0 unspecified atom stereocenters. The summed E-state index contributed by atoms with van der Waals surface area (Å²) >= 11 is 7.48. The molecule has 0 fully saturated rings. The number of nitrogens with zero attached hydrogens (tertiary/aromatic N) is 7. The van der Waals surface area contributed by atoms with Gasteiger partial charge in [-0.1, -0.05) is 69.0 Å². The number of carbonyl (C=O) groups is 1. The predicted octanol–water partition coefficient (Wildman–Crippen LogP) is 3.47. The van der Waals surface area contributed by atoms with Crippen molar-refractivity contribution in [2.24, 2.45) is 5.10 Å². The molecule has 0 atom stereocenters. The normalized spacial score (nSPS) is 11.1. The Labute approximate surface area is 215 Å². The molecule has 15 heteroatoms. The van der Waals surface area contributed by atoms with Gasteiger partial charge < -0.3 is 5.84 Å². The van der Waals surface area contributed by atoms with Crippen LogP contribution in [-0.2, 0) is 10.5 Å². The van der Waals surface area contributed by atoms with E-state index < -0.39 is 0 Å². The molecule has 1 amide bonds. The quantitative estimate of drug-likeness (QED) is 0.0841. The van der Waals surface area contributed by atoms with Gasteiger partial charge in [-0.25, -0.2) is 10.1 Å². The van der Waals surface area contributed by atoms with E-state index in [1.54, 1.807) is 36.4 Å². The van der Waals surface area contributed by atoms with Crippen LogP contribution in [0.2, 0.25) is 0 Å². The number of anilines is 2. The molecular formula is C19H17BrN10OS3. The number of pyridine rings is 1. The molecule has 4 rings (SSSR count). The molecule has 0 saturated carbocycles. The van der Waals surface area contributed by atoms with Crippen LogP contribution in [0.25, 0.3) is 0 Å². The molecule has 3 aromatic heterocycles. The van der Waals surface area contributed by atoms with Gasteiger partial charge in [-0.15, -0.1) is 20.4 Å². The molecule has 1 aromatic carbocycles. The second-order valence-electron chi connectivity index (χ2n) is 6.46. The molecule has 0 aliphatic heterocycles. The van der Waals surface area contributed by atoms with Crippen LogP contribution in [0.1, 0.15) is 11.1 Å². The number of aromatic nitrogens is 6. The van der Waals surface area contributed by atoms with Gasteiger partial charge in [0, 0.05) is 28.2 Å². The summed E-state index contributed by atoms with van der Waals surface area (Å²) in [6.45, 7) is 0. The summed E-state index contributed by atoms with van der Waals surface area (Å²) in [5.41, 5.74) is 4.69. The third-order valence-corrected chi connectivity index (χ3v) is 7.44. The van der Waals surface area contributed by atoms with Gasteiger partial charge in [0.2, 0.25) is 16.2 Å². The summed E-state index contributed by atoms with van der Waals surface area (Å²) in [6.07, 6.45) is 4.92. The van der Waals surface area contributed by atoms with Gasteiger partial charge in [0.15, 0.2) is 4.34 Å². The zero-order chi connectivity index (χ0) is 23.8. The van der Waals surface area contributed by atoms with Gasteiger partial charge in [0.05, 0.1) is 12.0 Å². The lowest BCUT2D eigenvalue weighted by molar-refractivity contribution is -0.113. The Morgan fingerprint density at radius 2 is 2.12 bits per heavy atom. The Bertz CT molecular complexity index is 1280. The van der Waals surface area contributed by atoms with E-state index in [-0.39, 0.29) is 17.6 Å². The van der Waals surface area contributed by atoms with Crippen LogP contribution in [0.4, 0.5) is 11.1 Å². The average Bonchev–Trinajstić information content (AvgIpc) is 3.43. The molecular weight excluding hydrogens is 560 g/mol. The number of amides is 1. The van der Waals surface area contributed by atoms with Crippen LogP contribution >= 0.6 is 50.8 Å². The number of hydrazone groups is 1. The van der Waals surface area contributed by atoms with Crippen molar-refractivity contribution >= 4 is 74.0 Å². The van der Waals surface area contributed by atoms with Crippen molar-refractivity contribution < 1.29 is 4.79 Å². The number of rotatable bonds is 10. The largest absolute Gasteiger partial charge is 0.334 e. The van der Waals surface area contributed by atoms with Gasteiger partial charge >= 0.3 is 0 Å². The van der Waals surface area contributed by atoms with Crippen LogP contribution in [0, 0.1) is 0 Å². The average molecular weight is 578 g/mol. The summed E-state index contributed by atoms with van der Waals surface area (Å²) in [6, 6.07) is 11.7. The third-order valence-electron chi connectivity index (χ3n) is 3.96. The Balaban J connectivity index is 1.23. The maximum absolute atomic E-state index is 12.3. The van der Waals surface area contributed by atoms with Gasteiger partial charge in [-0.05, 0) is 23.8 Å². The first-order chi connectivity index (χ1) is 16.6. The summed E-state index contributed by atoms with van der Waals surface area (Å²) in [7, 11) is 0. The Kier molecular flexibility index (Phi) is 8.46. The number of thioether (sulfide) groups is 2. The van der Waals surface area contributed by atoms with Crippen molar-refractivity contribution in [2.75, 3.05) is 22.3 Å². The summed E-state index contributed by atoms with van der Waals surface area (Å²) in [5.74, 6) is 6.80. The molecule has 0 aliphatic rings. The summed E-state index contributed by atoms with van der Waals surface area (Å²) < 4.78 is 3.02. The van der Waals surface area contributed by atoms with E-state index in [0.29, 0.717) is 10.3 Å². The Morgan fingerprint density at radius 1 is 1.21 bits per heavy atom. The molecule has 11 nitrogen and oxygen atoms in total. The Morgan fingerprint density at radius 3 is 2.94 bits per heavy atom. The molecule has 0 saturated heterocycles. The van der Waals surface area contributed by atoms with E-state index in [4.69, 9.17) is 5.84 Å². The number of nitrogen functional groups attached to an aromatic ring is 1. The van der Waals surface area contributed by atoms with Gasteiger partial charge in [-0.2, -0.15) is 5.10 Å². The van der Waals surface area contributed by atoms with E-state index in [1.807, 2.05) is 24.3 Å². The van der Waals surface area contributed by atoms with Crippen molar-refractivity contribution in [1.29, 1.82) is 0 Å². The number of benzene rings is 1. The number of halogens is 1. The molecule has 34 heavy (non-hydrogen) atoms. The van der Waals surface area contributed by atoms with Crippen molar-refractivity contribution in [3.05, 3.63) is 64.4 Å². The highest BCUT2D eigenvalue weighted by molar-refractivity contribution is 9.10. The standard InChI is InChI=1S/C19H17BrN10OS3/c20-14-5-1-3-12(7-14)10-33-19-29-27-17(34-19)24-15(31)11-32-18-28-26-16(30(18)21)25-23-9-13-4-2-6-22-8-13/h1-9H,10-11,21H2,(H,25,26)(H,24,27,31)/b23-9+. The highest BCUT2D eigenvalue weighted by Crippen LogP contribution is 2.29. The lowest BCUT2D eigenvalue weighted by Gasteiger charge is -2.03. The SMILES string of the molecule is Nn1c(N/N=C/c2cccnc2)nnc1SCC(=O)Nc1nnc(SCc2cccc(Br)c2)s1. The maximum Gasteiger partial charge on any atom is 0.264 e. The van der Waals surface area contributed by atoms with E-state index >= 15 is 0 Å². The highest BCUT2D eigenvalue weighted by Gasteiger charge is 2.14. The van der Waals surface area contributed by atoms with Crippen LogP contribution in [-0.4, -0.2) is 47.9 Å². The van der Waals surface area contributed by atoms with Gasteiger partial charge in [-0.3, -0.25) is 15.1 Å². The van der Waals surface area contributed by atoms with Crippen LogP contribution < -0.4 is 16.6 Å². The van der Waals surface area contributed by atoms with Crippen molar-refractivity contribution in [3.63, 3.8) is 0 Å². The van der Waals surface area contributed by atoms with E-state index in [0.717, 1.165) is 31.9 Å². The minimum Gasteiger partial charge on any atom is -0.334 e. The fourth-order valence-corrected chi connectivity index (χ4v) is 5.26. The lowest BCUT2D eigenvalue weighted by Crippen LogP contribution is -2.16. The van der Waals surface area contributed by atoms with Gasteiger partial charge in [0.1, 0.15) is 0 Å². The maximum atomic E-state index is 12.3. The minimum absolute atomic E-state index is 0.0778. The molecule has 0 aliphatic carbocycles.